The number of pyridine rings is 1. The molecule has 0 unspecified atom stereocenters. The van der Waals surface area contributed by atoms with Crippen molar-refractivity contribution in [3.8, 4) is 0 Å². The molecule has 0 radical (unpaired) electrons. The molecule has 2 rings (SSSR count). The molecular formula is C15H16N2O3S2. The summed E-state index contributed by atoms with van der Waals surface area (Å²) >= 11 is 6.51. The van der Waals surface area contributed by atoms with Gasteiger partial charge in [-0.25, -0.2) is 0 Å². The van der Waals surface area contributed by atoms with Gasteiger partial charge < -0.3 is 4.74 Å². The van der Waals surface area contributed by atoms with Crippen molar-refractivity contribution >= 4 is 46.3 Å². The Bertz CT molecular complexity index is 602. The highest BCUT2D eigenvalue weighted by molar-refractivity contribution is 8.26. The van der Waals surface area contributed by atoms with Crippen molar-refractivity contribution in [3.05, 3.63) is 35.0 Å². The van der Waals surface area contributed by atoms with E-state index in [1.165, 1.54) is 16.7 Å². The number of esters is 1. The molecule has 0 aromatic carbocycles. The maximum Gasteiger partial charge on any atom is 0.305 e. The zero-order chi connectivity index (χ0) is 15.9. The summed E-state index contributed by atoms with van der Waals surface area (Å²) in [5.41, 5.74) is 0.856. The highest BCUT2D eigenvalue weighted by Crippen LogP contribution is 2.32. The lowest BCUT2D eigenvalue weighted by Gasteiger charge is -2.13. The number of carbonyl (C=O) groups is 2. The number of hydrogen-bond donors (Lipinski definition) is 0. The number of thiocarbonyl (C=S) groups is 1. The molecule has 1 aromatic rings. The van der Waals surface area contributed by atoms with Gasteiger partial charge in [0.25, 0.3) is 5.91 Å². The average molecular weight is 336 g/mol. The van der Waals surface area contributed by atoms with Crippen LogP contribution in [0.2, 0.25) is 0 Å². The molecule has 22 heavy (non-hydrogen) atoms. The SMILES string of the molecule is CCOC(=O)CCCN1C(=O)/C(=C/c2cccnc2)SC1=S. The van der Waals surface area contributed by atoms with Gasteiger partial charge in [0.2, 0.25) is 0 Å². The van der Waals surface area contributed by atoms with Gasteiger partial charge in [0.15, 0.2) is 0 Å². The Morgan fingerprint density at radius 2 is 2.36 bits per heavy atom. The highest BCUT2D eigenvalue weighted by atomic mass is 32.2. The van der Waals surface area contributed by atoms with Crippen molar-refractivity contribution in [1.29, 1.82) is 0 Å². The zero-order valence-electron chi connectivity index (χ0n) is 12.2. The first-order chi connectivity index (χ1) is 10.6. The van der Waals surface area contributed by atoms with Gasteiger partial charge in [0.1, 0.15) is 4.32 Å². The standard InChI is InChI=1S/C15H16N2O3S2/c1-2-20-13(18)6-4-8-17-14(19)12(22-15(17)21)9-11-5-3-7-16-10-11/h3,5,7,9-10H,2,4,6,8H2,1H3/b12-9-. The first-order valence-electron chi connectivity index (χ1n) is 6.93. The third-order valence-corrected chi connectivity index (χ3v) is 4.30. The van der Waals surface area contributed by atoms with E-state index >= 15 is 0 Å². The Kier molecular flexibility index (Phi) is 6.09. The molecule has 1 fully saturated rings. The molecule has 1 saturated heterocycles. The Balaban J connectivity index is 1.94. The number of carbonyl (C=O) groups excluding carboxylic acids is 2. The number of nitrogens with zero attached hydrogens (tertiary/aromatic N) is 2. The van der Waals surface area contributed by atoms with Crippen molar-refractivity contribution in [1.82, 2.24) is 9.88 Å². The zero-order valence-corrected chi connectivity index (χ0v) is 13.8. The van der Waals surface area contributed by atoms with Crippen LogP contribution in [-0.2, 0) is 14.3 Å². The minimum atomic E-state index is -0.251. The summed E-state index contributed by atoms with van der Waals surface area (Å²) in [4.78, 5) is 29.8. The fourth-order valence-electron chi connectivity index (χ4n) is 1.92. The van der Waals surface area contributed by atoms with Crippen LogP contribution in [0.4, 0.5) is 0 Å². The summed E-state index contributed by atoms with van der Waals surface area (Å²) in [6, 6.07) is 3.69. The molecule has 0 atom stereocenters. The van der Waals surface area contributed by atoms with E-state index in [2.05, 4.69) is 4.98 Å². The van der Waals surface area contributed by atoms with E-state index in [0.29, 0.717) is 28.8 Å². The van der Waals surface area contributed by atoms with Gasteiger partial charge in [-0.2, -0.15) is 0 Å². The van der Waals surface area contributed by atoms with Crippen molar-refractivity contribution in [3.63, 3.8) is 0 Å². The normalized spacial score (nSPS) is 16.4. The number of ether oxygens (including phenoxy) is 1. The Morgan fingerprint density at radius 1 is 1.55 bits per heavy atom. The first kappa shape index (κ1) is 16.6. The van der Waals surface area contributed by atoms with Gasteiger partial charge in [0.05, 0.1) is 11.5 Å². The first-order valence-corrected chi connectivity index (χ1v) is 8.15. The van der Waals surface area contributed by atoms with Crippen LogP contribution in [-0.4, -0.2) is 39.2 Å². The maximum absolute atomic E-state index is 12.3. The minimum Gasteiger partial charge on any atom is -0.466 e. The van der Waals surface area contributed by atoms with E-state index in [0.717, 1.165) is 5.56 Å². The molecule has 0 saturated carbocycles. The van der Waals surface area contributed by atoms with Crippen molar-refractivity contribution in [2.45, 2.75) is 19.8 Å². The van der Waals surface area contributed by atoms with Crippen LogP contribution < -0.4 is 0 Å². The molecule has 0 bridgehead atoms. The van der Waals surface area contributed by atoms with E-state index in [9.17, 15) is 9.59 Å². The van der Waals surface area contributed by atoms with Crippen LogP contribution in [0.25, 0.3) is 6.08 Å². The Morgan fingerprint density at radius 3 is 3.05 bits per heavy atom. The van der Waals surface area contributed by atoms with Crippen LogP contribution in [0, 0.1) is 0 Å². The van der Waals surface area contributed by atoms with Crippen LogP contribution in [0.15, 0.2) is 29.4 Å². The summed E-state index contributed by atoms with van der Waals surface area (Å²) in [6.45, 7) is 2.56. The van der Waals surface area contributed by atoms with Gasteiger partial charge >= 0.3 is 5.97 Å². The molecule has 1 aliphatic heterocycles. The topological polar surface area (TPSA) is 59.5 Å². The molecule has 1 aromatic heterocycles. The summed E-state index contributed by atoms with van der Waals surface area (Å²) in [5.74, 6) is -0.374. The molecule has 116 valence electrons. The number of rotatable bonds is 6. The lowest BCUT2D eigenvalue weighted by molar-refractivity contribution is -0.143. The molecule has 1 aliphatic rings. The summed E-state index contributed by atoms with van der Waals surface area (Å²) in [6.07, 6.45) is 5.96. The molecule has 0 aliphatic carbocycles. The Hall–Kier alpha value is -1.73. The van der Waals surface area contributed by atoms with E-state index in [-0.39, 0.29) is 18.3 Å². The fourth-order valence-corrected chi connectivity index (χ4v) is 3.23. The fraction of sp³-hybridized carbons (Fsp3) is 0.333. The van der Waals surface area contributed by atoms with Crippen molar-refractivity contribution < 1.29 is 14.3 Å². The van der Waals surface area contributed by atoms with Crippen LogP contribution >= 0.6 is 24.0 Å². The number of thioether (sulfide) groups is 1. The number of amides is 1. The van der Waals surface area contributed by atoms with Gasteiger partial charge in [-0.15, -0.1) is 0 Å². The second kappa shape index (κ2) is 8.05. The molecule has 0 spiro atoms. The molecule has 5 nitrogen and oxygen atoms in total. The third kappa shape index (κ3) is 4.38. The van der Waals surface area contributed by atoms with Gasteiger partial charge in [-0.1, -0.05) is 30.0 Å². The maximum atomic E-state index is 12.3. The van der Waals surface area contributed by atoms with E-state index in [4.69, 9.17) is 17.0 Å². The number of hydrogen-bond acceptors (Lipinski definition) is 6. The summed E-state index contributed by atoms with van der Waals surface area (Å²) < 4.78 is 5.38. The van der Waals surface area contributed by atoms with Crippen molar-refractivity contribution in [2.75, 3.05) is 13.2 Å². The lowest BCUT2D eigenvalue weighted by atomic mass is 10.2. The van der Waals surface area contributed by atoms with E-state index in [1.54, 1.807) is 25.4 Å². The van der Waals surface area contributed by atoms with Crippen LogP contribution in [0.3, 0.4) is 0 Å². The number of aromatic nitrogens is 1. The van der Waals surface area contributed by atoms with Gasteiger partial charge in [-0.3, -0.25) is 19.5 Å². The minimum absolute atomic E-state index is 0.122. The predicted octanol–water partition coefficient (Wildman–Crippen LogP) is 2.63. The molecule has 1 amide bonds. The van der Waals surface area contributed by atoms with Crippen LogP contribution in [0.1, 0.15) is 25.3 Å². The van der Waals surface area contributed by atoms with Gasteiger partial charge in [0, 0.05) is 25.4 Å². The van der Waals surface area contributed by atoms with Crippen molar-refractivity contribution in [2.24, 2.45) is 0 Å². The highest BCUT2D eigenvalue weighted by Gasteiger charge is 2.31. The van der Waals surface area contributed by atoms with Gasteiger partial charge in [-0.05, 0) is 31.1 Å². The summed E-state index contributed by atoms with van der Waals surface area (Å²) in [7, 11) is 0. The van der Waals surface area contributed by atoms with E-state index in [1.807, 2.05) is 12.1 Å². The smallest absolute Gasteiger partial charge is 0.305 e. The molecule has 0 N–H and O–H groups in total. The summed E-state index contributed by atoms with van der Waals surface area (Å²) in [5, 5.41) is 0. The molecule has 7 heteroatoms. The average Bonchev–Trinajstić information content (AvgIpc) is 2.76. The molecule has 2 heterocycles. The monoisotopic (exact) mass is 336 g/mol. The Labute approximate surface area is 138 Å². The van der Waals surface area contributed by atoms with E-state index < -0.39 is 0 Å². The predicted molar refractivity (Wildman–Crippen MR) is 90.0 cm³/mol. The third-order valence-electron chi connectivity index (χ3n) is 2.92. The largest absolute Gasteiger partial charge is 0.466 e. The van der Waals surface area contributed by atoms with Crippen LogP contribution in [0.5, 0.6) is 0 Å². The lowest BCUT2D eigenvalue weighted by Crippen LogP contribution is -2.29. The molecular weight excluding hydrogens is 320 g/mol. The second-order valence-corrected chi connectivity index (χ2v) is 6.20. The quantitative estimate of drug-likeness (QED) is 0.452. The second-order valence-electron chi connectivity index (χ2n) is 4.53.